The number of fused-ring (bicyclic) bond motifs is 1. The highest BCUT2D eigenvalue weighted by atomic mass is 79.9. The summed E-state index contributed by atoms with van der Waals surface area (Å²) in [5.74, 6) is 0. The number of benzene rings is 2. The molecule has 0 atom stereocenters. The van der Waals surface area contributed by atoms with Crippen molar-refractivity contribution in [2.24, 2.45) is 0 Å². The first-order valence-electron chi connectivity index (χ1n) is 6.24. The number of anilines is 1. The van der Waals surface area contributed by atoms with Gasteiger partial charge < -0.3 is 10.3 Å². The van der Waals surface area contributed by atoms with Crippen LogP contribution in [0.5, 0.6) is 0 Å². The van der Waals surface area contributed by atoms with Crippen LogP contribution in [0.2, 0.25) is 0 Å². The van der Waals surface area contributed by atoms with E-state index in [1.54, 1.807) is 0 Å². The van der Waals surface area contributed by atoms with E-state index in [2.05, 4.69) is 63.8 Å². The zero-order chi connectivity index (χ0) is 13.4. The summed E-state index contributed by atoms with van der Waals surface area (Å²) in [6.07, 6.45) is 0. The van der Waals surface area contributed by atoms with Gasteiger partial charge in [0.25, 0.3) is 0 Å². The predicted molar refractivity (Wildman–Crippen MR) is 84.3 cm³/mol. The van der Waals surface area contributed by atoms with Crippen LogP contribution in [0.1, 0.15) is 11.3 Å². The number of halogens is 1. The van der Waals surface area contributed by atoms with E-state index in [4.69, 9.17) is 5.73 Å². The lowest BCUT2D eigenvalue weighted by Gasteiger charge is -2.11. The van der Waals surface area contributed by atoms with Gasteiger partial charge in [0.05, 0.1) is 0 Å². The molecule has 1 aromatic heterocycles. The molecule has 0 fully saturated rings. The number of hydrogen-bond donors (Lipinski definition) is 1. The highest BCUT2D eigenvalue weighted by Crippen LogP contribution is 2.27. The summed E-state index contributed by atoms with van der Waals surface area (Å²) in [7, 11) is 0. The lowest BCUT2D eigenvalue weighted by atomic mass is 10.2. The molecule has 2 N–H and O–H groups in total. The molecular weight excluding hydrogens is 300 g/mol. The van der Waals surface area contributed by atoms with E-state index in [1.165, 1.54) is 22.2 Å². The Balaban J connectivity index is 2.11. The number of rotatable bonds is 2. The quantitative estimate of drug-likeness (QED) is 0.701. The first-order valence-corrected chi connectivity index (χ1v) is 7.04. The Kier molecular flexibility index (Phi) is 3.07. The van der Waals surface area contributed by atoms with Crippen molar-refractivity contribution in [3.8, 4) is 0 Å². The Morgan fingerprint density at radius 2 is 1.89 bits per heavy atom. The Labute approximate surface area is 121 Å². The van der Waals surface area contributed by atoms with Crippen molar-refractivity contribution in [2.45, 2.75) is 13.5 Å². The van der Waals surface area contributed by atoms with E-state index in [0.717, 1.165) is 16.7 Å². The van der Waals surface area contributed by atoms with Crippen LogP contribution in [0.25, 0.3) is 10.9 Å². The lowest BCUT2D eigenvalue weighted by Crippen LogP contribution is -2.03. The van der Waals surface area contributed by atoms with Gasteiger partial charge in [-0.1, -0.05) is 30.3 Å². The van der Waals surface area contributed by atoms with E-state index in [-0.39, 0.29) is 0 Å². The number of aryl methyl sites for hydroxylation is 1. The Morgan fingerprint density at radius 3 is 2.74 bits per heavy atom. The molecule has 0 radical (unpaired) electrons. The summed E-state index contributed by atoms with van der Waals surface area (Å²) in [6.45, 7) is 2.96. The van der Waals surface area contributed by atoms with Crippen LogP contribution in [0.15, 0.2) is 53.0 Å². The van der Waals surface area contributed by atoms with Gasteiger partial charge in [0, 0.05) is 27.9 Å². The minimum Gasteiger partial charge on any atom is -0.398 e. The molecule has 3 heteroatoms. The van der Waals surface area contributed by atoms with Gasteiger partial charge in [0.15, 0.2) is 0 Å². The second-order valence-electron chi connectivity index (χ2n) is 4.75. The third kappa shape index (κ3) is 2.15. The van der Waals surface area contributed by atoms with E-state index < -0.39 is 0 Å². The van der Waals surface area contributed by atoms with Gasteiger partial charge in [0.2, 0.25) is 0 Å². The molecule has 19 heavy (non-hydrogen) atoms. The van der Waals surface area contributed by atoms with Crippen molar-refractivity contribution in [3.05, 3.63) is 64.3 Å². The standard InChI is InChI=1S/C16H15BrN2/c1-11-9-12-5-2-3-8-15(12)19(11)10-13-6-4-7-14(18)16(13)17/h2-9H,10,18H2,1H3. The molecule has 96 valence electrons. The number of hydrogen-bond acceptors (Lipinski definition) is 1. The average Bonchev–Trinajstić information content (AvgIpc) is 2.72. The Bertz CT molecular complexity index is 744. The zero-order valence-corrected chi connectivity index (χ0v) is 12.3. The van der Waals surface area contributed by atoms with Crippen molar-refractivity contribution in [3.63, 3.8) is 0 Å². The summed E-state index contributed by atoms with van der Waals surface area (Å²) < 4.78 is 3.31. The molecule has 3 rings (SSSR count). The molecule has 0 unspecified atom stereocenters. The fourth-order valence-corrected chi connectivity index (χ4v) is 2.84. The van der Waals surface area contributed by atoms with Crippen LogP contribution in [-0.4, -0.2) is 4.57 Å². The minimum absolute atomic E-state index is 0.784. The fourth-order valence-electron chi connectivity index (χ4n) is 2.45. The Hall–Kier alpha value is -1.74. The molecular formula is C16H15BrN2. The molecule has 0 bridgehead atoms. The highest BCUT2D eigenvalue weighted by molar-refractivity contribution is 9.10. The first-order chi connectivity index (χ1) is 9.16. The SMILES string of the molecule is Cc1cc2ccccc2n1Cc1cccc(N)c1Br. The van der Waals surface area contributed by atoms with Gasteiger partial charge in [-0.05, 0) is 52.0 Å². The zero-order valence-electron chi connectivity index (χ0n) is 10.7. The van der Waals surface area contributed by atoms with E-state index in [1.807, 2.05) is 12.1 Å². The molecule has 0 aliphatic carbocycles. The number of nitrogens with zero attached hydrogens (tertiary/aromatic N) is 1. The van der Waals surface area contributed by atoms with Gasteiger partial charge in [-0.25, -0.2) is 0 Å². The second kappa shape index (κ2) is 4.74. The van der Waals surface area contributed by atoms with Crippen molar-refractivity contribution in [1.82, 2.24) is 4.57 Å². The van der Waals surface area contributed by atoms with E-state index in [0.29, 0.717) is 0 Å². The number of nitrogens with two attached hydrogens (primary N) is 1. The van der Waals surface area contributed by atoms with Crippen molar-refractivity contribution in [1.29, 1.82) is 0 Å². The molecule has 0 aliphatic rings. The maximum Gasteiger partial charge on any atom is 0.0490 e. The minimum atomic E-state index is 0.784. The number of nitrogen functional groups attached to an aromatic ring is 1. The van der Waals surface area contributed by atoms with Crippen LogP contribution < -0.4 is 5.73 Å². The average molecular weight is 315 g/mol. The second-order valence-corrected chi connectivity index (χ2v) is 5.54. The maximum atomic E-state index is 5.94. The summed E-state index contributed by atoms with van der Waals surface area (Å²) in [5, 5.41) is 1.28. The van der Waals surface area contributed by atoms with Gasteiger partial charge in [0.1, 0.15) is 0 Å². The van der Waals surface area contributed by atoms with Gasteiger partial charge in [-0.15, -0.1) is 0 Å². The summed E-state index contributed by atoms with van der Waals surface area (Å²) >= 11 is 3.58. The van der Waals surface area contributed by atoms with Crippen molar-refractivity contribution in [2.75, 3.05) is 5.73 Å². The predicted octanol–water partition coefficient (Wildman–Crippen LogP) is 4.34. The van der Waals surface area contributed by atoms with Crippen LogP contribution in [0.3, 0.4) is 0 Å². The molecule has 0 saturated carbocycles. The summed E-state index contributed by atoms with van der Waals surface area (Å²) in [5.41, 5.74) is 10.4. The van der Waals surface area contributed by atoms with Gasteiger partial charge >= 0.3 is 0 Å². The molecule has 1 heterocycles. The highest BCUT2D eigenvalue weighted by Gasteiger charge is 2.08. The fraction of sp³-hybridized carbons (Fsp3) is 0.125. The lowest BCUT2D eigenvalue weighted by molar-refractivity contribution is 0.802. The van der Waals surface area contributed by atoms with E-state index in [9.17, 15) is 0 Å². The molecule has 0 amide bonds. The van der Waals surface area contributed by atoms with Crippen LogP contribution in [-0.2, 0) is 6.54 Å². The van der Waals surface area contributed by atoms with Gasteiger partial charge in [-0.2, -0.15) is 0 Å². The Morgan fingerprint density at radius 1 is 1.11 bits per heavy atom. The van der Waals surface area contributed by atoms with Gasteiger partial charge in [-0.3, -0.25) is 0 Å². The van der Waals surface area contributed by atoms with Crippen LogP contribution in [0, 0.1) is 6.92 Å². The third-order valence-corrected chi connectivity index (χ3v) is 4.42. The van der Waals surface area contributed by atoms with Crippen LogP contribution >= 0.6 is 15.9 Å². The molecule has 3 aromatic rings. The molecule has 0 spiro atoms. The summed E-state index contributed by atoms with van der Waals surface area (Å²) in [6, 6.07) is 16.7. The molecule has 0 aliphatic heterocycles. The smallest absolute Gasteiger partial charge is 0.0490 e. The molecule has 2 aromatic carbocycles. The topological polar surface area (TPSA) is 30.9 Å². The van der Waals surface area contributed by atoms with Crippen LogP contribution in [0.4, 0.5) is 5.69 Å². The largest absolute Gasteiger partial charge is 0.398 e. The maximum absolute atomic E-state index is 5.94. The van der Waals surface area contributed by atoms with Crippen molar-refractivity contribution >= 4 is 32.5 Å². The number of aromatic nitrogens is 1. The first kappa shape index (κ1) is 12.3. The summed E-state index contributed by atoms with van der Waals surface area (Å²) in [4.78, 5) is 0. The third-order valence-electron chi connectivity index (χ3n) is 3.45. The normalized spacial score (nSPS) is 11.1. The molecule has 2 nitrogen and oxygen atoms in total. The molecule has 0 saturated heterocycles. The van der Waals surface area contributed by atoms with Crippen molar-refractivity contribution < 1.29 is 0 Å². The van der Waals surface area contributed by atoms with E-state index >= 15 is 0 Å². The monoisotopic (exact) mass is 314 g/mol. The number of para-hydroxylation sites is 1.